The number of hydrogen-bond acceptors (Lipinski definition) is 6. The quantitative estimate of drug-likeness (QED) is 0.0908. The number of aliphatic hydroxyl groups excluding tert-OH is 2. The van der Waals surface area contributed by atoms with E-state index in [0.29, 0.717) is 23.6 Å². The monoisotopic (exact) mass is 654 g/mol. The predicted octanol–water partition coefficient (Wildman–Crippen LogP) is 6.15. The molecule has 1 unspecified atom stereocenters. The third kappa shape index (κ3) is 9.77. The fourth-order valence-corrected chi connectivity index (χ4v) is 5.45. The number of halogens is 4. The number of alkyl halides is 3. The Balaban J connectivity index is 1.48. The summed E-state index contributed by atoms with van der Waals surface area (Å²) in [6.07, 6.45) is -4.76. The molecule has 1 amide bonds. The summed E-state index contributed by atoms with van der Waals surface area (Å²) in [5, 5.41) is 45.8. The van der Waals surface area contributed by atoms with Gasteiger partial charge in [0.05, 0.1) is 23.8 Å². The predicted molar refractivity (Wildman–Crippen MR) is 170 cm³/mol. The van der Waals surface area contributed by atoms with Gasteiger partial charge in [0, 0.05) is 24.7 Å². The maximum Gasteiger partial charge on any atom is 0.416 e. The first-order chi connectivity index (χ1) is 22.3. The second kappa shape index (κ2) is 15.9. The average molecular weight is 655 g/mol. The van der Waals surface area contributed by atoms with Gasteiger partial charge in [-0.15, -0.1) is 0 Å². The van der Waals surface area contributed by atoms with E-state index < -0.39 is 35.5 Å². The van der Waals surface area contributed by atoms with Gasteiger partial charge < -0.3 is 31.1 Å². The van der Waals surface area contributed by atoms with Crippen molar-refractivity contribution in [2.45, 2.75) is 57.0 Å². The van der Waals surface area contributed by atoms with Crippen LogP contribution >= 0.6 is 0 Å². The van der Waals surface area contributed by atoms with Crippen LogP contribution in [-0.2, 0) is 25.6 Å². The highest BCUT2D eigenvalue weighted by atomic mass is 19.4. The molecule has 0 aliphatic carbocycles. The number of amides is 1. The van der Waals surface area contributed by atoms with Crippen molar-refractivity contribution in [1.29, 1.82) is 0 Å². The Morgan fingerprint density at radius 1 is 0.851 bits per heavy atom. The number of nitrogens with one attached hydrogen (secondary N) is 2. The average Bonchev–Trinajstić information content (AvgIpc) is 3.04. The third-order valence-corrected chi connectivity index (χ3v) is 8.05. The van der Waals surface area contributed by atoms with E-state index in [1.54, 1.807) is 18.2 Å². The lowest BCUT2D eigenvalue weighted by atomic mass is 9.87. The third-order valence-electron chi connectivity index (χ3n) is 8.05. The van der Waals surface area contributed by atoms with E-state index in [1.165, 1.54) is 24.3 Å². The van der Waals surface area contributed by atoms with Gasteiger partial charge in [-0.2, -0.15) is 13.2 Å². The second-order valence-corrected chi connectivity index (χ2v) is 11.6. The summed E-state index contributed by atoms with van der Waals surface area (Å²) in [6.45, 7) is 1.88. The van der Waals surface area contributed by atoms with E-state index >= 15 is 0 Å². The van der Waals surface area contributed by atoms with Gasteiger partial charge in [-0.3, -0.25) is 4.79 Å². The van der Waals surface area contributed by atoms with Crippen LogP contribution in [0, 0.1) is 5.82 Å². The highest BCUT2D eigenvalue weighted by Gasteiger charge is 2.31. The molecule has 0 saturated carbocycles. The maximum atomic E-state index is 14.8. The van der Waals surface area contributed by atoms with Crippen LogP contribution in [0.15, 0.2) is 84.9 Å². The Morgan fingerprint density at radius 3 is 2.34 bits per heavy atom. The van der Waals surface area contributed by atoms with Gasteiger partial charge in [0.15, 0.2) is 0 Å². The smallest absolute Gasteiger partial charge is 0.416 e. The molecule has 6 N–H and O–H groups in total. The van der Waals surface area contributed by atoms with Crippen LogP contribution in [-0.4, -0.2) is 45.5 Å². The van der Waals surface area contributed by atoms with Crippen LogP contribution in [0.25, 0.3) is 0 Å². The van der Waals surface area contributed by atoms with Crippen LogP contribution < -0.4 is 10.6 Å². The van der Waals surface area contributed by atoms with E-state index in [-0.39, 0.29) is 61.2 Å². The lowest BCUT2D eigenvalue weighted by Gasteiger charge is -2.21. The SMILES string of the molecule is C[C@H](Cc1cccc(C(CCNC(=O)c2ccccc2O)Cc2cc(C(F)(F)F)ccc2F)c1)NC[C@@H](O)c1ccc(O)c(CO)c1. The molecule has 0 radical (unpaired) electrons. The van der Waals surface area contributed by atoms with Gasteiger partial charge in [-0.1, -0.05) is 42.5 Å². The first-order valence-corrected chi connectivity index (χ1v) is 15.2. The summed E-state index contributed by atoms with van der Waals surface area (Å²) in [4.78, 5) is 12.7. The molecule has 4 aromatic rings. The van der Waals surface area contributed by atoms with Crippen molar-refractivity contribution < 1.29 is 42.8 Å². The number of carbonyl (C=O) groups excluding carboxylic acids is 1. The van der Waals surface area contributed by atoms with Crippen molar-refractivity contribution >= 4 is 5.91 Å². The van der Waals surface area contributed by atoms with Crippen molar-refractivity contribution in [3.8, 4) is 11.5 Å². The number of carbonyl (C=O) groups is 1. The second-order valence-electron chi connectivity index (χ2n) is 11.6. The number of phenols is 2. The van der Waals surface area contributed by atoms with Gasteiger partial charge in [-0.05, 0) is 96.8 Å². The van der Waals surface area contributed by atoms with E-state index in [0.717, 1.165) is 23.3 Å². The van der Waals surface area contributed by atoms with Crippen molar-refractivity contribution in [1.82, 2.24) is 10.6 Å². The number of hydrogen-bond donors (Lipinski definition) is 6. The molecular weight excluding hydrogens is 616 g/mol. The molecule has 0 spiro atoms. The Hall–Kier alpha value is -4.45. The molecule has 0 aliphatic heterocycles. The van der Waals surface area contributed by atoms with Gasteiger partial charge in [0.25, 0.3) is 5.91 Å². The van der Waals surface area contributed by atoms with E-state index in [2.05, 4.69) is 10.6 Å². The fraction of sp³-hybridized carbons (Fsp3) is 0.306. The molecular formula is C36H38F4N2O5. The molecule has 11 heteroatoms. The molecule has 0 fully saturated rings. The minimum Gasteiger partial charge on any atom is -0.508 e. The first kappa shape index (κ1) is 35.4. The van der Waals surface area contributed by atoms with Gasteiger partial charge in [0.2, 0.25) is 0 Å². The number of phenolic OH excluding ortho intramolecular Hbond substituents is 1. The van der Waals surface area contributed by atoms with Gasteiger partial charge >= 0.3 is 6.18 Å². The Labute approximate surface area is 270 Å². The summed E-state index contributed by atoms with van der Waals surface area (Å²) < 4.78 is 55.2. The molecule has 3 atom stereocenters. The highest BCUT2D eigenvalue weighted by molar-refractivity contribution is 5.96. The molecule has 250 valence electrons. The highest BCUT2D eigenvalue weighted by Crippen LogP contribution is 2.33. The zero-order valence-electron chi connectivity index (χ0n) is 25.8. The summed E-state index contributed by atoms with van der Waals surface area (Å²) in [5.74, 6) is -1.97. The normalized spacial score (nSPS) is 13.6. The standard InChI is InChI=1S/C36H38F4N2O5/c1-22(42-20-34(46)26-9-12-32(44)28(18-26)21-43)15-23-5-4-6-24(16-23)25(13-14-41-35(47)30-7-2-3-8-33(30)45)17-27-19-29(36(38,39)40)10-11-31(27)37/h2-12,16,18-19,22,25,34,42-46H,13-15,17,20-21H2,1H3,(H,41,47)/t22-,25?,34-/m1/s1. The minimum atomic E-state index is -4.64. The van der Waals surface area contributed by atoms with Crippen molar-refractivity contribution in [2.24, 2.45) is 0 Å². The van der Waals surface area contributed by atoms with E-state index in [4.69, 9.17) is 0 Å². The summed E-state index contributed by atoms with van der Waals surface area (Å²) in [7, 11) is 0. The zero-order valence-corrected chi connectivity index (χ0v) is 25.8. The van der Waals surface area contributed by atoms with Gasteiger partial charge in [-0.25, -0.2) is 4.39 Å². The van der Waals surface area contributed by atoms with Crippen molar-refractivity contribution in [3.63, 3.8) is 0 Å². The molecule has 4 rings (SSSR count). The molecule has 0 aliphatic rings. The Kier molecular flexibility index (Phi) is 12.0. The van der Waals surface area contributed by atoms with E-state index in [9.17, 15) is 42.8 Å². The van der Waals surface area contributed by atoms with Crippen molar-refractivity contribution in [2.75, 3.05) is 13.1 Å². The summed E-state index contributed by atoms with van der Waals surface area (Å²) in [6, 6.07) is 20.2. The fourth-order valence-electron chi connectivity index (χ4n) is 5.45. The van der Waals surface area contributed by atoms with E-state index in [1.807, 2.05) is 31.2 Å². The minimum absolute atomic E-state index is 0.0475. The van der Waals surface area contributed by atoms with Gasteiger partial charge in [0.1, 0.15) is 17.3 Å². The van der Waals surface area contributed by atoms with Crippen LogP contribution in [0.3, 0.4) is 0 Å². The first-order valence-electron chi connectivity index (χ1n) is 15.2. The lowest BCUT2D eigenvalue weighted by Crippen LogP contribution is -2.32. The summed E-state index contributed by atoms with van der Waals surface area (Å²) >= 11 is 0. The molecule has 7 nitrogen and oxygen atoms in total. The number of aromatic hydroxyl groups is 2. The Morgan fingerprint density at radius 2 is 1.62 bits per heavy atom. The lowest BCUT2D eigenvalue weighted by molar-refractivity contribution is -0.137. The van der Waals surface area contributed by atoms with Crippen LogP contribution in [0.4, 0.5) is 17.6 Å². The van der Waals surface area contributed by atoms with Crippen LogP contribution in [0.1, 0.15) is 69.1 Å². The summed E-state index contributed by atoms with van der Waals surface area (Å²) in [5.41, 5.74) is 1.54. The molecule has 0 saturated heterocycles. The molecule has 0 bridgehead atoms. The largest absolute Gasteiger partial charge is 0.508 e. The molecule has 0 heterocycles. The Bertz CT molecular complexity index is 1660. The number of para-hydroxylation sites is 1. The van der Waals surface area contributed by atoms with Crippen LogP contribution in [0.5, 0.6) is 11.5 Å². The maximum absolute atomic E-state index is 14.8. The molecule has 4 aromatic carbocycles. The number of benzene rings is 4. The topological polar surface area (TPSA) is 122 Å². The van der Waals surface area contributed by atoms with Crippen molar-refractivity contribution in [3.05, 3.63) is 130 Å². The number of aliphatic hydroxyl groups is 2. The zero-order chi connectivity index (χ0) is 34.1. The molecule has 47 heavy (non-hydrogen) atoms. The number of rotatable bonds is 14. The molecule has 0 aromatic heterocycles. The van der Waals surface area contributed by atoms with Crippen LogP contribution in [0.2, 0.25) is 0 Å².